The van der Waals surface area contributed by atoms with Gasteiger partial charge in [-0.3, -0.25) is 4.68 Å². The predicted octanol–water partition coefficient (Wildman–Crippen LogP) is 2.88. The van der Waals surface area contributed by atoms with E-state index in [9.17, 15) is 0 Å². The Morgan fingerprint density at radius 3 is 2.53 bits per heavy atom. The molecule has 3 nitrogen and oxygen atoms in total. The molecule has 0 spiro atoms. The molecule has 1 unspecified atom stereocenters. The molecular weight excluding hydrogens is 234 g/mol. The molecule has 0 saturated heterocycles. The molecule has 2 rings (SSSR count). The van der Waals surface area contributed by atoms with Crippen molar-refractivity contribution < 1.29 is 0 Å². The zero-order chi connectivity index (χ0) is 13.7. The molecule has 1 heterocycles. The Bertz CT molecular complexity index is 499. The first-order valence-corrected chi connectivity index (χ1v) is 6.99. The molecule has 19 heavy (non-hydrogen) atoms. The molecule has 0 saturated carbocycles. The molecule has 1 atom stereocenters. The summed E-state index contributed by atoms with van der Waals surface area (Å²) in [7, 11) is 1.95. The Kier molecular flexibility index (Phi) is 4.74. The van der Waals surface area contributed by atoms with Gasteiger partial charge in [0.15, 0.2) is 0 Å². The van der Waals surface area contributed by atoms with Gasteiger partial charge < -0.3 is 5.32 Å². The molecule has 0 radical (unpaired) electrons. The van der Waals surface area contributed by atoms with Crippen molar-refractivity contribution in [3.05, 3.63) is 53.3 Å². The van der Waals surface area contributed by atoms with E-state index in [1.165, 1.54) is 11.1 Å². The van der Waals surface area contributed by atoms with Crippen LogP contribution in [0.1, 0.15) is 36.7 Å². The SMILES string of the molecule is CCc1ccc(C(C)NCCc2ccn(C)n2)cc1. The first-order valence-electron chi connectivity index (χ1n) is 6.99. The Morgan fingerprint density at radius 1 is 1.21 bits per heavy atom. The summed E-state index contributed by atoms with van der Waals surface area (Å²) in [5, 5.41) is 7.92. The van der Waals surface area contributed by atoms with E-state index in [0.29, 0.717) is 6.04 Å². The van der Waals surface area contributed by atoms with Crippen LogP contribution in [0.3, 0.4) is 0 Å². The lowest BCUT2D eigenvalue weighted by Crippen LogP contribution is -2.21. The Morgan fingerprint density at radius 2 is 1.95 bits per heavy atom. The lowest BCUT2D eigenvalue weighted by molar-refractivity contribution is 0.571. The number of aryl methyl sites for hydroxylation is 2. The standard InChI is InChI=1S/C16H23N3/c1-4-14-5-7-15(8-6-14)13(2)17-11-9-16-10-12-19(3)18-16/h5-8,10,12-13,17H,4,9,11H2,1-3H3. The van der Waals surface area contributed by atoms with Crippen molar-refractivity contribution in [1.82, 2.24) is 15.1 Å². The van der Waals surface area contributed by atoms with Gasteiger partial charge in [-0.05, 0) is 30.5 Å². The lowest BCUT2D eigenvalue weighted by atomic mass is 10.0. The van der Waals surface area contributed by atoms with E-state index in [2.05, 4.69) is 54.6 Å². The highest BCUT2D eigenvalue weighted by atomic mass is 15.2. The Balaban J connectivity index is 1.81. The first kappa shape index (κ1) is 13.8. The Labute approximate surface area is 115 Å². The van der Waals surface area contributed by atoms with Crippen LogP contribution in [-0.4, -0.2) is 16.3 Å². The van der Waals surface area contributed by atoms with E-state index in [0.717, 1.165) is 25.1 Å². The second-order valence-electron chi connectivity index (χ2n) is 5.00. The fourth-order valence-corrected chi connectivity index (χ4v) is 2.17. The van der Waals surface area contributed by atoms with Gasteiger partial charge in [0.05, 0.1) is 5.69 Å². The minimum absolute atomic E-state index is 0.384. The van der Waals surface area contributed by atoms with Gasteiger partial charge in [0.2, 0.25) is 0 Å². The number of nitrogens with one attached hydrogen (secondary N) is 1. The number of nitrogens with zero attached hydrogens (tertiary/aromatic N) is 2. The van der Waals surface area contributed by atoms with Gasteiger partial charge in [-0.2, -0.15) is 5.10 Å². The van der Waals surface area contributed by atoms with Crippen LogP contribution in [0.25, 0.3) is 0 Å². The van der Waals surface area contributed by atoms with Gasteiger partial charge >= 0.3 is 0 Å². The third kappa shape index (κ3) is 3.93. The van der Waals surface area contributed by atoms with Gasteiger partial charge in [-0.15, -0.1) is 0 Å². The van der Waals surface area contributed by atoms with Gasteiger partial charge in [-0.25, -0.2) is 0 Å². The zero-order valence-electron chi connectivity index (χ0n) is 12.1. The highest BCUT2D eigenvalue weighted by molar-refractivity contribution is 5.24. The normalized spacial score (nSPS) is 12.6. The van der Waals surface area contributed by atoms with E-state index in [1.54, 1.807) is 0 Å². The summed E-state index contributed by atoms with van der Waals surface area (Å²) in [5.41, 5.74) is 3.88. The minimum atomic E-state index is 0.384. The van der Waals surface area contributed by atoms with Gasteiger partial charge in [-0.1, -0.05) is 31.2 Å². The smallest absolute Gasteiger partial charge is 0.0637 e. The van der Waals surface area contributed by atoms with Crippen molar-refractivity contribution in [3.63, 3.8) is 0 Å². The van der Waals surface area contributed by atoms with Gasteiger partial charge in [0.25, 0.3) is 0 Å². The average Bonchev–Trinajstić information content (AvgIpc) is 2.84. The third-order valence-electron chi connectivity index (χ3n) is 3.49. The maximum atomic E-state index is 4.38. The van der Waals surface area contributed by atoms with Crippen molar-refractivity contribution >= 4 is 0 Å². The number of aromatic nitrogens is 2. The van der Waals surface area contributed by atoms with Crippen molar-refractivity contribution in [2.24, 2.45) is 7.05 Å². The van der Waals surface area contributed by atoms with Gasteiger partial charge in [0, 0.05) is 32.3 Å². The number of rotatable bonds is 6. The summed E-state index contributed by atoms with van der Waals surface area (Å²) in [6.45, 7) is 5.34. The second kappa shape index (κ2) is 6.53. The van der Waals surface area contributed by atoms with Crippen LogP contribution in [0.4, 0.5) is 0 Å². The summed E-state index contributed by atoms with van der Waals surface area (Å²) in [4.78, 5) is 0. The molecule has 1 N–H and O–H groups in total. The van der Waals surface area contributed by atoms with E-state index >= 15 is 0 Å². The van der Waals surface area contributed by atoms with Crippen molar-refractivity contribution in [3.8, 4) is 0 Å². The van der Waals surface area contributed by atoms with Crippen LogP contribution < -0.4 is 5.32 Å². The molecule has 0 aliphatic rings. The zero-order valence-corrected chi connectivity index (χ0v) is 12.1. The average molecular weight is 257 g/mol. The molecule has 0 aliphatic carbocycles. The van der Waals surface area contributed by atoms with Crippen LogP contribution in [0.2, 0.25) is 0 Å². The summed E-state index contributed by atoms with van der Waals surface area (Å²) >= 11 is 0. The maximum Gasteiger partial charge on any atom is 0.0637 e. The molecule has 1 aromatic carbocycles. The van der Waals surface area contributed by atoms with E-state index in [-0.39, 0.29) is 0 Å². The molecule has 1 aromatic heterocycles. The summed E-state index contributed by atoms with van der Waals surface area (Å²) in [5.74, 6) is 0. The quantitative estimate of drug-likeness (QED) is 0.862. The number of hydrogen-bond acceptors (Lipinski definition) is 2. The number of hydrogen-bond donors (Lipinski definition) is 1. The summed E-state index contributed by atoms with van der Waals surface area (Å²) in [6.07, 6.45) is 4.06. The topological polar surface area (TPSA) is 29.9 Å². The largest absolute Gasteiger partial charge is 0.310 e. The first-order chi connectivity index (χ1) is 9.19. The molecule has 0 amide bonds. The highest BCUT2D eigenvalue weighted by Gasteiger charge is 2.05. The van der Waals surface area contributed by atoms with Crippen molar-refractivity contribution in [2.45, 2.75) is 32.7 Å². The monoisotopic (exact) mass is 257 g/mol. The molecule has 3 heteroatoms. The van der Waals surface area contributed by atoms with Crippen LogP contribution in [0.5, 0.6) is 0 Å². The van der Waals surface area contributed by atoms with E-state index in [4.69, 9.17) is 0 Å². The number of benzene rings is 1. The molecule has 0 aliphatic heterocycles. The molecule has 0 bridgehead atoms. The predicted molar refractivity (Wildman–Crippen MR) is 79.1 cm³/mol. The van der Waals surface area contributed by atoms with Crippen molar-refractivity contribution in [1.29, 1.82) is 0 Å². The van der Waals surface area contributed by atoms with Gasteiger partial charge in [0.1, 0.15) is 0 Å². The summed E-state index contributed by atoms with van der Waals surface area (Å²) in [6, 6.07) is 11.3. The van der Waals surface area contributed by atoms with Crippen LogP contribution >= 0.6 is 0 Å². The molecular formula is C16H23N3. The highest BCUT2D eigenvalue weighted by Crippen LogP contribution is 2.13. The Hall–Kier alpha value is -1.61. The molecule has 2 aromatic rings. The molecule has 102 valence electrons. The summed E-state index contributed by atoms with van der Waals surface area (Å²) < 4.78 is 1.85. The van der Waals surface area contributed by atoms with Crippen LogP contribution in [0.15, 0.2) is 36.5 Å². The third-order valence-corrected chi connectivity index (χ3v) is 3.49. The van der Waals surface area contributed by atoms with Crippen LogP contribution in [-0.2, 0) is 19.9 Å². The fourth-order valence-electron chi connectivity index (χ4n) is 2.17. The lowest BCUT2D eigenvalue weighted by Gasteiger charge is -2.14. The van der Waals surface area contributed by atoms with E-state index in [1.807, 2.05) is 17.9 Å². The molecule has 0 fully saturated rings. The fraction of sp³-hybridized carbons (Fsp3) is 0.438. The minimum Gasteiger partial charge on any atom is -0.310 e. The van der Waals surface area contributed by atoms with Crippen molar-refractivity contribution in [2.75, 3.05) is 6.54 Å². The maximum absolute atomic E-state index is 4.38. The van der Waals surface area contributed by atoms with Crippen LogP contribution in [0, 0.1) is 0 Å². The van der Waals surface area contributed by atoms with E-state index < -0.39 is 0 Å². The second-order valence-corrected chi connectivity index (χ2v) is 5.00.